The second-order valence-electron chi connectivity index (χ2n) is 2.48. The molecule has 1 unspecified atom stereocenters. The molecule has 0 spiro atoms. The fraction of sp³-hybridized carbons (Fsp3) is 0.500. The van der Waals surface area contributed by atoms with Crippen molar-refractivity contribution in [2.75, 3.05) is 13.6 Å². The molecular formula is C8H12ClNO2. The molecule has 0 aromatic carbocycles. The normalized spacial score (nSPS) is 11.9. The van der Waals surface area contributed by atoms with Crippen molar-refractivity contribution < 1.29 is 9.59 Å². The van der Waals surface area contributed by atoms with Crippen molar-refractivity contribution in [2.45, 2.75) is 12.3 Å². The number of hydrogen-bond acceptors (Lipinski definition) is 2. The number of ketones is 1. The quantitative estimate of drug-likeness (QED) is 0.373. The Morgan fingerprint density at radius 3 is 2.50 bits per heavy atom. The number of alkyl halides is 1. The number of carbonyl (C=O) groups excluding carboxylic acids is 2. The van der Waals surface area contributed by atoms with Gasteiger partial charge in [-0.25, -0.2) is 0 Å². The molecule has 0 saturated heterocycles. The van der Waals surface area contributed by atoms with Crippen LogP contribution in [0.4, 0.5) is 0 Å². The molecule has 0 bridgehead atoms. The molecule has 0 saturated carbocycles. The Kier molecular flexibility index (Phi) is 4.59. The number of likely N-dealkylation sites (N-methyl/N-ethyl adjacent to an activating group) is 1. The summed E-state index contributed by atoms with van der Waals surface area (Å²) in [4.78, 5) is 23.2. The highest BCUT2D eigenvalue weighted by Crippen LogP contribution is 2.02. The van der Waals surface area contributed by atoms with Gasteiger partial charge < -0.3 is 4.90 Å². The summed E-state index contributed by atoms with van der Waals surface area (Å²) in [6.45, 7) is 5.15. The number of rotatable bonds is 4. The summed E-state index contributed by atoms with van der Waals surface area (Å²) in [6, 6.07) is 0. The van der Waals surface area contributed by atoms with E-state index in [0.717, 1.165) is 0 Å². The van der Waals surface area contributed by atoms with E-state index in [9.17, 15) is 9.59 Å². The molecule has 0 radical (unpaired) electrons. The number of amides is 1. The molecule has 0 aromatic heterocycles. The molecule has 0 aliphatic carbocycles. The van der Waals surface area contributed by atoms with E-state index in [1.54, 1.807) is 13.1 Å². The number of Topliss-reactive ketones (excluding diaryl/α,β-unsaturated/α-hetero) is 1. The molecule has 0 fully saturated rings. The lowest BCUT2D eigenvalue weighted by atomic mass is 10.3. The van der Waals surface area contributed by atoms with E-state index in [2.05, 4.69) is 6.58 Å². The average molecular weight is 190 g/mol. The van der Waals surface area contributed by atoms with E-state index in [4.69, 9.17) is 11.6 Å². The van der Waals surface area contributed by atoms with Crippen molar-refractivity contribution in [3.63, 3.8) is 0 Å². The Hall–Kier alpha value is -0.830. The van der Waals surface area contributed by atoms with Gasteiger partial charge in [0.1, 0.15) is 0 Å². The highest BCUT2D eigenvalue weighted by molar-refractivity contribution is 6.41. The Balaban J connectivity index is 4.18. The van der Waals surface area contributed by atoms with Crippen LogP contribution in [0.15, 0.2) is 12.7 Å². The molecule has 12 heavy (non-hydrogen) atoms. The first-order valence-electron chi connectivity index (χ1n) is 3.51. The molecule has 0 aliphatic rings. The topological polar surface area (TPSA) is 37.4 Å². The van der Waals surface area contributed by atoms with Crippen molar-refractivity contribution >= 4 is 23.3 Å². The van der Waals surface area contributed by atoms with Crippen LogP contribution in [0.25, 0.3) is 0 Å². The van der Waals surface area contributed by atoms with Gasteiger partial charge in [-0.1, -0.05) is 6.08 Å². The molecular weight excluding hydrogens is 178 g/mol. The third-order valence-electron chi connectivity index (χ3n) is 1.35. The fourth-order valence-electron chi connectivity index (χ4n) is 0.651. The van der Waals surface area contributed by atoms with Crippen LogP contribution in [0.3, 0.4) is 0 Å². The van der Waals surface area contributed by atoms with Crippen LogP contribution in [0, 0.1) is 0 Å². The summed E-state index contributed by atoms with van der Waals surface area (Å²) in [5, 5.41) is -1.06. The van der Waals surface area contributed by atoms with Gasteiger partial charge in [-0.2, -0.15) is 0 Å². The summed E-state index contributed by atoms with van der Waals surface area (Å²) >= 11 is 5.52. The maximum Gasteiger partial charge on any atom is 0.248 e. The Bertz CT molecular complexity index is 203. The lowest BCUT2D eigenvalue weighted by molar-refractivity contribution is -0.132. The standard InChI is InChI=1S/C8H12ClNO2/c1-4-5-10(3)8(12)7(9)6(2)11/h4,7H,1,5H2,2-3H3. The Labute approximate surface area is 77.0 Å². The minimum absolute atomic E-state index is 0.336. The highest BCUT2D eigenvalue weighted by Gasteiger charge is 2.22. The van der Waals surface area contributed by atoms with Crippen LogP contribution in [0.2, 0.25) is 0 Å². The summed E-state index contributed by atoms with van der Waals surface area (Å²) in [6.07, 6.45) is 1.57. The molecule has 1 amide bonds. The van der Waals surface area contributed by atoms with Gasteiger partial charge in [-0.05, 0) is 6.92 Å². The van der Waals surface area contributed by atoms with Crippen LogP contribution in [-0.2, 0) is 9.59 Å². The molecule has 68 valence electrons. The number of carbonyl (C=O) groups is 2. The van der Waals surface area contributed by atoms with E-state index in [0.29, 0.717) is 6.54 Å². The van der Waals surface area contributed by atoms with Crippen LogP contribution >= 0.6 is 11.6 Å². The SMILES string of the molecule is C=CCN(C)C(=O)C(Cl)C(C)=O. The predicted molar refractivity (Wildman–Crippen MR) is 48.2 cm³/mol. The van der Waals surface area contributed by atoms with Gasteiger partial charge in [0.05, 0.1) is 0 Å². The zero-order valence-electron chi connectivity index (χ0n) is 7.21. The first-order chi connectivity index (χ1) is 5.50. The Morgan fingerprint density at radius 2 is 2.17 bits per heavy atom. The van der Waals surface area contributed by atoms with Gasteiger partial charge in [0.25, 0.3) is 0 Å². The highest BCUT2D eigenvalue weighted by atomic mass is 35.5. The van der Waals surface area contributed by atoms with Gasteiger partial charge in [-0.15, -0.1) is 18.2 Å². The van der Waals surface area contributed by atoms with Crippen molar-refractivity contribution in [3.05, 3.63) is 12.7 Å². The van der Waals surface area contributed by atoms with Crippen molar-refractivity contribution in [1.29, 1.82) is 0 Å². The van der Waals surface area contributed by atoms with Crippen LogP contribution < -0.4 is 0 Å². The number of nitrogens with zero attached hydrogens (tertiary/aromatic N) is 1. The minimum atomic E-state index is -1.06. The third-order valence-corrected chi connectivity index (χ3v) is 1.85. The van der Waals surface area contributed by atoms with Gasteiger partial charge >= 0.3 is 0 Å². The number of halogens is 1. The molecule has 3 nitrogen and oxygen atoms in total. The largest absolute Gasteiger partial charge is 0.340 e. The number of hydrogen-bond donors (Lipinski definition) is 0. The second kappa shape index (κ2) is 4.93. The lowest BCUT2D eigenvalue weighted by Crippen LogP contribution is -2.36. The molecule has 0 aromatic rings. The van der Waals surface area contributed by atoms with E-state index in [-0.39, 0.29) is 11.7 Å². The molecule has 1 atom stereocenters. The van der Waals surface area contributed by atoms with Gasteiger partial charge in [0.2, 0.25) is 5.91 Å². The fourth-order valence-corrected chi connectivity index (χ4v) is 0.818. The smallest absolute Gasteiger partial charge is 0.248 e. The molecule has 0 heterocycles. The van der Waals surface area contributed by atoms with E-state index >= 15 is 0 Å². The van der Waals surface area contributed by atoms with E-state index < -0.39 is 5.38 Å². The molecule has 4 heteroatoms. The summed E-state index contributed by atoms with van der Waals surface area (Å²) < 4.78 is 0. The van der Waals surface area contributed by atoms with Gasteiger partial charge in [0.15, 0.2) is 11.2 Å². The third kappa shape index (κ3) is 3.05. The van der Waals surface area contributed by atoms with Crippen molar-refractivity contribution in [3.8, 4) is 0 Å². The molecule has 0 N–H and O–H groups in total. The van der Waals surface area contributed by atoms with Crippen LogP contribution in [-0.4, -0.2) is 35.6 Å². The molecule has 0 aliphatic heterocycles. The van der Waals surface area contributed by atoms with Crippen LogP contribution in [0.1, 0.15) is 6.92 Å². The summed E-state index contributed by atoms with van der Waals surface area (Å²) in [7, 11) is 1.57. The minimum Gasteiger partial charge on any atom is -0.340 e. The first kappa shape index (κ1) is 11.2. The summed E-state index contributed by atoms with van der Waals surface area (Å²) in [5.74, 6) is -0.721. The van der Waals surface area contributed by atoms with Crippen molar-refractivity contribution in [1.82, 2.24) is 4.90 Å². The first-order valence-corrected chi connectivity index (χ1v) is 3.94. The van der Waals surface area contributed by atoms with E-state index in [1.165, 1.54) is 11.8 Å². The zero-order valence-corrected chi connectivity index (χ0v) is 7.97. The van der Waals surface area contributed by atoms with E-state index in [1.807, 2.05) is 0 Å². The van der Waals surface area contributed by atoms with Gasteiger partial charge in [-0.3, -0.25) is 9.59 Å². The summed E-state index contributed by atoms with van der Waals surface area (Å²) in [5.41, 5.74) is 0. The molecule has 0 rings (SSSR count). The Morgan fingerprint density at radius 1 is 1.67 bits per heavy atom. The maximum atomic E-state index is 11.2. The van der Waals surface area contributed by atoms with Crippen LogP contribution in [0.5, 0.6) is 0 Å². The second-order valence-corrected chi connectivity index (χ2v) is 2.92. The monoisotopic (exact) mass is 189 g/mol. The van der Waals surface area contributed by atoms with Crippen molar-refractivity contribution in [2.24, 2.45) is 0 Å². The predicted octanol–water partition coefficient (Wildman–Crippen LogP) is 0.827. The van der Waals surface area contributed by atoms with Gasteiger partial charge in [0, 0.05) is 13.6 Å². The average Bonchev–Trinajstić information content (AvgIpc) is 2.02. The maximum absolute atomic E-state index is 11.2. The lowest BCUT2D eigenvalue weighted by Gasteiger charge is -2.16. The zero-order chi connectivity index (χ0) is 9.72.